The molecule has 2 saturated heterocycles. The summed E-state index contributed by atoms with van der Waals surface area (Å²) in [6, 6.07) is -1.53. The fraction of sp³-hybridized carbons (Fsp3) is 0.667. The molecule has 17 heavy (non-hydrogen) atoms. The number of carbonyl (C=O) groups excluding carboxylic acids is 3. The molecule has 3 atom stereocenters. The Bertz CT molecular complexity index is 372. The molecule has 2 fully saturated rings. The average molecular weight is 242 g/mol. The highest BCUT2D eigenvalue weighted by Gasteiger charge is 2.48. The van der Waals surface area contributed by atoms with E-state index in [4.69, 9.17) is 4.74 Å². The van der Waals surface area contributed by atoms with Crippen molar-refractivity contribution in [2.45, 2.75) is 32.2 Å². The standard InChI is InChI=1S/C9H14N4O4/c1-3-17-7(14)4(2)13-6-5(11-9(13)16)10-8(15)12-6/h4-6H,3H2,1-2H3,(H,11,16)(H2,10,12,15)/t4-,5+,6-/m0/s1. The van der Waals surface area contributed by atoms with Gasteiger partial charge in [0.15, 0.2) is 0 Å². The molecule has 2 aliphatic heterocycles. The number of esters is 1. The van der Waals surface area contributed by atoms with Gasteiger partial charge < -0.3 is 20.7 Å². The number of rotatable bonds is 3. The SMILES string of the molecule is CCOC(=O)[C@H](C)N1C(=O)N[C@H]2NC(=O)N[C@H]21. The summed E-state index contributed by atoms with van der Waals surface area (Å²) in [5.74, 6) is -0.496. The van der Waals surface area contributed by atoms with Crippen molar-refractivity contribution in [3.8, 4) is 0 Å². The van der Waals surface area contributed by atoms with Gasteiger partial charge in [-0.05, 0) is 13.8 Å². The van der Waals surface area contributed by atoms with Crippen LogP contribution in [-0.4, -0.2) is 47.9 Å². The molecule has 8 heteroatoms. The predicted octanol–water partition coefficient (Wildman–Crippen LogP) is -1.07. The Balaban J connectivity index is 2.11. The van der Waals surface area contributed by atoms with E-state index in [2.05, 4.69) is 16.0 Å². The van der Waals surface area contributed by atoms with Gasteiger partial charge in [0.1, 0.15) is 18.4 Å². The summed E-state index contributed by atoms with van der Waals surface area (Å²) in [5.41, 5.74) is 0. The number of urea groups is 2. The minimum atomic E-state index is -0.745. The number of amides is 4. The maximum absolute atomic E-state index is 11.7. The summed E-state index contributed by atoms with van der Waals surface area (Å²) in [7, 11) is 0. The van der Waals surface area contributed by atoms with Crippen LogP contribution in [-0.2, 0) is 9.53 Å². The number of nitrogens with zero attached hydrogens (tertiary/aromatic N) is 1. The summed E-state index contributed by atoms with van der Waals surface area (Å²) in [4.78, 5) is 35.6. The van der Waals surface area contributed by atoms with Crippen LogP contribution in [0.3, 0.4) is 0 Å². The van der Waals surface area contributed by atoms with Crippen molar-refractivity contribution in [2.75, 3.05) is 6.61 Å². The van der Waals surface area contributed by atoms with Gasteiger partial charge in [-0.3, -0.25) is 4.90 Å². The van der Waals surface area contributed by atoms with Gasteiger partial charge in [0, 0.05) is 0 Å². The normalized spacial score (nSPS) is 28.0. The van der Waals surface area contributed by atoms with Gasteiger partial charge >= 0.3 is 18.0 Å². The van der Waals surface area contributed by atoms with Crippen LogP contribution in [0.25, 0.3) is 0 Å². The van der Waals surface area contributed by atoms with Crippen LogP contribution < -0.4 is 16.0 Å². The lowest BCUT2D eigenvalue weighted by Gasteiger charge is -2.26. The van der Waals surface area contributed by atoms with Crippen molar-refractivity contribution in [3.63, 3.8) is 0 Å². The van der Waals surface area contributed by atoms with Gasteiger partial charge in [0.05, 0.1) is 6.61 Å². The zero-order valence-electron chi connectivity index (χ0n) is 9.52. The average Bonchev–Trinajstić information content (AvgIpc) is 2.72. The van der Waals surface area contributed by atoms with Crippen molar-refractivity contribution in [3.05, 3.63) is 0 Å². The summed E-state index contributed by atoms with van der Waals surface area (Å²) in [5, 5.41) is 7.64. The molecule has 4 amide bonds. The van der Waals surface area contributed by atoms with Crippen molar-refractivity contribution < 1.29 is 19.1 Å². The van der Waals surface area contributed by atoms with E-state index in [1.807, 2.05) is 0 Å². The number of nitrogens with one attached hydrogen (secondary N) is 3. The molecule has 8 nitrogen and oxygen atoms in total. The lowest BCUT2D eigenvalue weighted by Crippen LogP contribution is -2.51. The Morgan fingerprint density at radius 2 is 2.12 bits per heavy atom. The van der Waals surface area contributed by atoms with Gasteiger partial charge in [0.25, 0.3) is 0 Å². The Kier molecular flexibility index (Phi) is 2.78. The van der Waals surface area contributed by atoms with Crippen molar-refractivity contribution in [1.82, 2.24) is 20.9 Å². The second-order valence-corrected chi connectivity index (χ2v) is 3.83. The van der Waals surface area contributed by atoms with E-state index in [0.717, 1.165) is 0 Å². The van der Waals surface area contributed by atoms with Gasteiger partial charge in [-0.1, -0.05) is 0 Å². The van der Waals surface area contributed by atoms with Gasteiger partial charge in [0.2, 0.25) is 0 Å². The van der Waals surface area contributed by atoms with Crippen LogP contribution in [0.2, 0.25) is 0 Å². The van der Waals surface area contributed by atoms with E-state index in [-0.39, 0.29) is 12.6 Å². The number of carbonyl (C=O) groups is 3. The molecule has 0 spiro atoms. The van der Waals surface area contributed by atoms with Gasteiger partial charge in [-0.2, -0.15) is 0 Å². The minimum absolute atomic E-state index is 0.247. The second-order valence-electron chi connectivity index (χ2n) is 3.83. The lowest BCUT2D eigenvalue weighted by atomic mass is 10.2. The first-order valence-electron chi connectivity index (χ1n) is 5.37. The topological polar surface area (TPSA) is 99.8 Å². The van der Waals surface area contributed by atoms with Crippen LogP contribution in [0.1, 0.15) is 13.8 Å². The largest absolute Gasteiger partial charge is 0.464 e. The monoisotopic (exact) mass is 242 g/mol. The molecule has 3 N–H and O–H groups in total. The van der Waals surface area contributed by atoms with Crippen molar-refractivity contribution >= 4 is 18.0 Å². The van der Waals surface area contributed by atoms with Gasteiger partial charge in [-0.15, -0.1) is 0 Å². The third-order valence-electron chi connectivity index (χ3n) is 2.74. The fourth-order valence-electron chi connectivity index (χ4n) is 1.95. The van der Waals surface area contributed by atoms with Crippen molar-refractivity contribution in [1.29, 1.82) is 0 Å². The molecule has 2 aliphatic rings. The molecular formula is C9H14N4O4. The lowest BCUT2D eigenvalue weighted by molar-refractivity contribution is -0.148. The summed E-state index contributed by atoms with van der Waals surface area (Å²) in [6.45, 7) is 3.50. The Labute approximate surface area is 97.7 Å². The molecule has 0 aromatic rings. The minimum Gasteiger partial charge on any atom is -0.464 e. The first-order chi connectivity index (χ1) is 8.04. The Hall–Kier alpha value is -1.99. The summed E-state index contributed by atoms with van der Waals surface area (Å²) >= 11 is 0. The van der Waals surface area contributed by atoms with Crippen LogP contribution >= 0.6 is 0 Å². The zero-order valence-corrected chi connectivity index (χ0v) is 9.52. The van der Waals surface area contributed by atoms with E-state index in [0.29, 0.717) is 0 Å². The van der Waals surface area contributed by atoms with E-state index >= 15 is 0 Å². The molecule has 0 radical (unpaired) electrons. The number of fused-ring (bicyclic) bond motifs is 1. The second kappa shape index (κ2) is 4.11. The highest BCUT2D eigenvalue weighted by atomic mass is 16.5. The molecule has 0 unspecified atom stereocenters. The zero-order chi connectivity index (χ0) is 12.6. The van der Waals surface area contributed by atoms with Crippen LogP contribution in [0.4, 0.5) is 9.59 Å². The molecule has 2 rings (SSSR count). The first-order valence-corrected chi connectivity index (χ1v) is 5.37. The molecule has 0 aliphatic carbocycles. The summed E-state index contributed by atoms with van der Waals surface area (Å²) < 4.78 is 4.85. The molecule has 0 bridgehead atoms. The van der Waals surface area contributed by atoms with E-state index in [1.54, 1.807) is 13.8 Å². The quantitative estimate of drug-likeness (QED) is 0.548. The molecular weight excluding hydrogens is 228 g/mol. The molecule has 0 aromatic heterocycles. The number of ether oxygens (including phenoxy) is 1. The van der Waals surface area contributed by atoms with E-state index in [1.165, 1.54) is 4.90 Å². The Morgan fingerprint density at radius 1 is 1.41 bits per heavy atom. The molecule has 94 valence electrons. The Morgan fingerprint density at radius 3 is 2.76 bits per heavy atom. The fourth-order valence-corrected chi connectivity index (χ4v) is 1.95. The molecule has 0 saturated carbocycles. The maximum Gasteiger partial charge on any atom is 0.328 e. The number of hydrogen-bond donors (Lipinski definition) is 3. The van der Waals surface area contributed by atoms with Gasteiger partial charge in [-0.25, -0.2) is 14.4 Å². The van der Waals surface area contributed by atoms with Crippen molar-refractivity contribution in [2.24, 2.45) is 0 Å². The van der Waals surface area contributed by atoms with E-state index in [9.17, 15) is 14.4 Å². The number of hydrogen-bond acceptors (Lipinski definition) is 4. The molecule has 0 aromatic carbocycles. The highest BCUT2D eigenvalue weighted by molar-refractivity contribution is 5.88. The highest BCUT2D eigenvalue weighted by Crippen LogP contribution is 2.17. The summed E-state index contributed by atoms with van der Waals surface area (Å²) in [6.07, 6.45) is -1.07. The first kappa shape index (κ1) is 11.5. The smallest absolute Gasteiger partial charge is 0.328 e. The van der Waals surface area contributed by atoms with E-state index < -0.39 is 30.4 Å². The van der Waals surface area contributed by atoms with Crippen LogP contribution in [0.15, 0.2) is 0 Å². The third kappa shape index (κ3) is 1.85. The molecule has 2 heterocycles. The van der Waals surface area contributed by atoms with Crippen LogP contribution in [0.5, 0.6) is 0 Å². The van der Waals surface area contributed by atoms with Crippen LogP contribution in [0, 0.1) is 0 Å². The maximum atomic E-state index is 11.7. The third-order valence-corrected chi connectivity index (χ3v) is 2.74. The predicted molar refractivity (Wildman–Crippen MR) is 55.7 cm³/mol.